The van der Waals surface area contributed by atoms with Gasteiger partial charge in [0.05, 0.1) is 12.2 Å². The molecule has 0 radical (unpaired) electrons. The van der Waals surface area contributed by atoms with Crippen molar-refractivity contribution in [3.63, 3.8) is 0 Å². The average Bonchev–Trinajstić information content (AvgIpc) is 2.37. The fourth-order valence-electron chi connectivity index (χ4n) is 1.55. The molecule has 1 aromatic carbocycles. The summed E-state index contributed by atoms with van der Waals surface area (Å²) in [6, 6.07) is 7.55. The SMILES string of the molecule is CC(C)NC(=O)CCNCC(=O)Nc1ccccc1Br. The molecule has 2 amide bonds. The molecule has 110 valence electrons. The van der Waals surface area contributed by atoms with Gasteiger partial charge in [0.2, 0.25) is 11.8 Å². The summed E-state index contributed by atoms with van der Waals surface area (Å²) >= 11 is 3.36. The summed E-state index contributed by atoms with van der Waals surface area (Å²) in [5.74, 6) is -0.153. The first kappa shape index (κ1) is 16.7. The van der Waals surface area contributed by atoms with Gasteiger partial charge in [0.25, 0.3) is 0 Å². The first-order chi connectivity index (χ1) is 9.49. The van der Waals surface area contributed by atoms with Gasteiger partial charge in [0, 0.05) is 23.5 Å². The second kappa shape index (κ2) is 8.71. The van der Waals surface area contributed by atoms with Crippen molar-refractivity contribution in [2.75, 3.05) is 18.4 Å². The zero-order valence-electron chi connectivity index (χ0n) is 11.7. The van der Waals surface area contributed by atoms with E-state index < -0.39 is 0 Å². The quantitative estimate of drug-likeness (QED) is 0.663. The van der Waals surface area contributed by atoms with Crippen LogP contribution in [0.5, 0.6) is 0 Å². The van der Waals surface area contributed by atoms with Crippen molar-refractivity contribution in [1.82, 2.24) is 10.6 Å². The molecule has 1 aromatic rings. The third kappa shape index (κ3) is 6.68. The number of benzene rings is 1. The number of halogens is 1. The van der Waals surface area contributed by atoms with E-state index in [1.807, 2.05) is 38.1 Å². The van der Waals surface area contributed by atoms with Gasteiger partial charge in [-0.25, -0.2) is 0 Å². The molecule has 0 aliphatic heterocycles. The minimum atomic E-state index is -0.138. The highest BCUT2D eigenvalue weighted by Crippen LogP contribution is 2.20. The Balaban J connectivity index is 2.21. The summed E-state index contributed by atoms with van der Waals surface area (Å²) in [7, 11) is 0. The molecule has 0 atom stereocenters. The van der Waals surface area contributed by atoms with E-state index in [1.165, 1.54) is 0 Å². The summed E-state index contributed by atoms with van der Waals surface area (Å²) in [6.07, 6.45) is 0.362. The Kier molecular flexibility index (Phi) is 7.25. The van der Waals surface area contributed by atoms with Gasteiger partial charge in [-0.1, -0.05) is 12.1 Å². The Labute approximate surface area is 127 Å². The Morgan fingerprint density at radius 2 is 1.90 bits per heavy atom. The minimum absolute atomic E-state index is 0.0151. The maximum atomic E-state index is 11.7. The number of para-hydroxylation sites is 1. The highest BCUT2D eigenvalue weighted by Gasteiger charge is 2.06. The maximum absolute atomic E-state index is 11.7. The van der Waals surface area contributed by atoms with Crippen LogP contribution in [-0.4, -0.2) is 30.9 Å². The molecule has 0 bridgehead atoms. The lowest BCUT2D eigenvalue weighted by Crippen LogP contribution is -2.34. The van der Waals surface area contributed by atoms with Crippen LogP contribution >= 0.6 is 15.9 Å². The molecule has 0 heterocycles. The minimum Gasteiger partial charge on any atom is -0.354 e. The molecular formula is C14H20BrN3O2. The molecule has 0 aromatic heterocycles. The van der Waals surface area contributed by atoms with Crippen LogP contribution in [0.1, 0.15) is 20.3 Å². The third-order valence-corrected chi connectivity index (χ3v) is 3.10. The van der Waals surface area contributed by atoms with Gasteiger partial charge >= 0.3 is 0 Å². The molecule has 5 nitrogen and oxygen atoms in total. The first-order valence-electron chi connectivity index (χ1n) is 6.53. The van der Waals surface area contributed by atoms with Crippen molar-refractivity contribution < 1.29 is 9.59 Å². The number of carbonyl (C=O) groups is 2. The van der Waals surface area contributed by atoms with E-state index in [2.05, 4.69) is 31.9 Å². The molecule has 6 heteroatoms. The largest absolute Gasteiger partial charge is 0.354 e. The van der Waals surface area contributed by atoms with Crippen LogP contribution in [0.4, 0.5) is 5.69 Å². The lowest BCUT2D eigenvalue weighted by atomic mass is 10.3. The molecule has 0 aliphatic rings. The number of rotatable bonds is 7. The topological polar surface area (TPSA) is 70.2 Å². The van der Waals surface area contributed by atoms with Crippen LogP contribution in [-0.2, 0) is 9.59 Å². The fraction of sp³-hybridized carbons (Fsp3) is 0.429. The molecule has 0 saturated carbocycles. The van der Waals surface area contributed by atoms with Crippen LogP contribution in [0.15, 0.2) is 28.7 Å². The zero-order valence-corrected chi connectivity index (χ0v) is 13.3. The van der Waals surface area contributed by atoms with Crippen molar-refractivity contribution in [2.24, 2.45) is 0 Å². The number of amides is 2. The number of nitrogens with one attached hydrogen (secondary N) is 3. The summed E-state index contributed by atoms with van der Waals surface area (Å²) in [4.78, 5) is 23.1. The van der Waals surface area contributed by atoms with E-state index in [1.54, 1.807) is 0 Å². The Bertz CT molecular complexity index is 463. The van der Waals surface area contributed by atoms with Crippen molar-refractivity contribution in [2.45, 2.75) is 26.3 Å². The first-order valence-corrected chi connectivity index (χ1v) is 7.33. The molecule has 0 saturated heterocycles. The van der Waals surface area contributed by atoms with E-state index in [9.17, 15) is 9.59 Å². The standard InChI is InChI=1S/C14H20BrN3O2/c1-10(2)17-13(19)7-8-16-9-14(20)18-12-6-4-3-5-11(12)15/h3-6,10,16H,7-9H2,1-2H3,(H,17,19)(H,18,20). The molecule has 0 spiro atoms. The Hall–Kier alpha value is -1.40. The van der Waals surface area contributed by atoms with Crippen molar-refractivity contribution in [3.05, 3.63) is 28.7 Å². The van der Waals surface area contributed by atoms with Gasteiger partial charge in [0.1, 0.15) is 0 Å². The van der Waals surface area contributed by atoms with E-state index in [-0.39, 0.29) is 24.4 Å². The predicted molar refractivity (Wildman–Crippen MR) is 83.5 cm³/mol. The lowest BCUT2D eigenvalue weighted by Gasteiger charge is -2.09. The number of anilines is 1. The van der Waals surface area contributed by atoms with Crippen LogP contribution in [0, 0.1) is 0 Å². The fourth-order valence-corrected chi connectivity index (χ4v) is 1.94. The zero-order chi connectivity index (χ0) is 15.0. The highest BCUT2D eigenvalue weighted by molar-refractivity contribution is 9.10. The van der Waals surface area contributed by atoms with Crippen LogP contribution in [0.2, 0.25) is 0 Å². The lowest BCUT2D eigenvalue weighted by molar-refractivity contribution is -0.121. The summed E-state index contributed by atoms with van der Waals surface area (Å²) in [5.41, 5.74) is 0.733. The van der Waals surface area contributed by atoms with Crippen molar-refractivity contribution in [3.8, 4) is 0 Å². The van der Waals surface area contributed by atoms with Crippen molar-refractivity contribution >= 4 is 33.4 Å². The number of hydrogen-bond donors (Lipinski definition) is 3. The number of carbonyl (C=O) groups excluding carboxylic acids is 2. The normalized spacial score (nSPS) is 10.4. The van der Waals surface area contributed by atoms with Gasteiger partial charge in [-0.05, 0) is 41.9 Å². The van der Waals surface area contributed by atoms with E-state index in [4.69, 9.17) is 0 Å². The Morgan fingerprint density at radius 1 is 1.20 bits per heavy atom. The van der Waals surface area contributed by atoms with Crippen LogP contribution in [0.3, 0.4) is 0 Å². The molecule has 3 N–H and O–H groups in total. The second-order valence-electron chi connectivity index (χ2n) is 4.68. The van der Waals surface area contributed by atoms with Crippen LogP contribution in [0.25, 0.3) is 0 Å². The molecular weight excluding hydrogens is 322 g/mol. The van der Waals surface area contributed by atoms with Crippen LogP contribution < -0.4 is 16.0 Å². The third-order valence-electron chi connectivity index (χ3n) is 2.41. The maximum Gasteiger partial charge on any atom is 0.238 e. The van der Waals surface area contributed by atoms with Gasteiger partial charge in [-0.15, -0.1) is 0 Å². The highest BCUT2D eigenvalue weighted by atomic mass is 79.9. The molecule has 20 heavy (non-hydrogen) atoms. The molecule has 0 aliphatic carbocycles. The molecule has 0 fully saturated rings. The second-order valence-corrected chi connectivity index (χ2v) is 5.53. The molecule has 1 rings (SSSR count). The predicted octanol–water partition coefficient (Wildman–Crippen LogP) is 1.89. The molecule has 0 unspecified atom stereocenters. The van der Waals surface area contributed by atoms with E-state index in [0.717, 1.165) is 10.2 Å². The summed E-state index contributed by atoms with van der Waals surface area (Å²) in [5, 5.41) is 8.52. The summed E-state index contributed by atoms with van der Waals surface area (Å²) in [6.45, 7) is 4.48. The Morgan fingerprint density at radius 3 is 2.55 bits per heavy atom. The van der Waals surface area contributed by atoms with Gasteiger partial charge < -0.3 is 16.0 Å². The van der Waals surface area contributed by atoms with Gasteiger partial charge in [0.15, 0.2) is 0 Å². The van der Waals surface area contributed by atoms with Gasteiger partial charge in [-0.3, -0.25) is 9.59 Å². The van der Waals surface area contributed by atoms with E-state index >= 15 is 0 Å². The average molecular weight is 342 g/mol. The summed E-state index contributed by atoms with van der Waals surface area (Å²) < 4.78 is 0.838. The smallest absolute Gasteiger partial charge is 0.238 e. The van der Waals surface area contributed by atoms with Crippen molar-refractivity contribution in [1.29, 1.82) is 0 Å². The monoisotopic (exact) mass is 341 g/mol. The van der Waals surface area contributed by atoms with Gasteiger partial charge in [-0.2, -0.15) is 0 Å². The van der Waals surface area contributed by atoms with E-state index in [0.29, 0.717) is 13.0 Å². The number of hydrogen-bond acceptors (Lipinski definition) is 3.